The summed E-state index contributed by atoms with van der Waals surface area (Å²) in [5.74, 6) is -0.857. The Morgan fingerprint density at radius 3 is 2.53 bits per heavy atom. The maximum atomic E-state index is 10.8. The molecule has 1 atom stereocenters. The number of likely N-dealkylation sites (tertiary alicyclic amines) is 1. The maximum Gasteiger partial charge on any atom is 0.334 e. The minimum absolute atomic E-state index is 0.535. The highest BCUT2D eigenvalue weighted by Crippen LogP contribution is 2.45. The van der Waals surface area contributed by atoms with Crippen molar-refractivity contribution < 1.29 is 14.6 Å². The van der Waals surface area contributed by atoms with Crippen LogP contribution < -0.4 is 0 Å². The van der Waals surface area contributed by atoms with Crippen molar-refractivity contribution in [3.63, 3.8) is 0 Å². The first kappa shape index (κ1) is 10.9. The summed E-state index contributed by atoms with van der Waals surface area (Å²) in [5, 5.41) is 8.85. The minimum Gasteiger partial charge on any atom is -0.479 e. The van der Waals surface area contributed by atoms with Gasteiger partial charge in [-0.15, -0.1) is 0 Å². The maximum absolute atomic E-state index is 10.8. The number of ether oxygens (including phenoxy) is 1. The molecule has 1 heterocycles. The molecule has 15 heavy (non-hydrogen) atoms. The van der Waals surface area contributed by atoms with Crippen LogP contribution in [0.5, 0.6) is 0 Å². The van der Waals surface area contributed by atoms with Crippen LogP contribution in [0.25, 0.3) is 0 Å². The van der Waals surface area contributed by atoms with Gasteiger partial charge in [-0.25, -0.2) is 4.79 Å². The lowest BCUT2D eigenvalue weighted by Crippen LogP contribution is -2.57. The number of aliphatic carboxylic acids is 1. The molecule has 1 aliphatic carbocycles. The van der Waals surface area contributed by atoms with Crippen LogP contribution in [0.2, 0.25) is 0 Å². The average molecular weight is 213 g/mol. The Kier molecular flexibility index (Phi) is 2.98. The van der Waals surface area contributed by atoms with E-state index in [0.717, 1.165) is 13.1 Å². The van der Waals surface area contributed by atoms with E-state index in [0.29, 0.717) is 12.0 Å². The molecule has 2 aliphatic rings. The highest BCUT2D eigenvalue weighted by atomic mass is 16.5. The van der Waals surface area contributed by atoms with Gasteiger partial charge in [-0.1, -0.05) is 12.8 Å². The summed E-state index contributed by atoms with van der Waals surface area (Å²) in [4.78, 5) is 13.0. The molecule has 4 nitrogen and oxygen atoms in total. The second-order valence-corrected chi connectivity index (χ2v) is 4.94. The van der Waals surface area contributed by atoms with Gasteiger partial charge < -0.3 is 9.84 Å². The molecule has 0 aromatic carbocycles. The molecule has 1 saturated carbocycles. The van der Waals surface area contributed by atoms with Crippen LogP contribution in [-0.4, -0.2) is 48.8 Å². The lowest BCUT2D eigenvalue weighted by molar-refractivity contribution is -0.151. The van der Waals surface area contributed by atoms with Gasteiger partial charge in [0.1, 0.15) is 0 Å². The Morgan fingerprint density at radius 1 is 1.47 bits per heavy atom. The van der Waals surface area contributed by atoms with Crippen molar-refractivity contribution in [1.82, 2.24) is 4.90 Å². The number of nitrogens with zero attached hydrogens (tertiary/aromatic N) is 1. The van der Waals surface area contributed by atoms with E-state index in [4.69, 9.17) is 9.84 Å². The van der Waals surface area contributed by atoms with Crippen molar-refractivity contribution in [1.29, 1.82) is 0 Å². The Bertz CT molecular complexity index is 240. The van der Waals surface area contributed by atoms with E-state index in [1.165, 1.54) is 32.8 Å². The Morgan fingerprint density at radius 2 is 2.07 bits per heavy atom. The summed E-state index contributed by atoms with van der Waals surface area (Å²) in [5.41, 5.74) is 0.538. The van der Waals surface area contributed by atoms with E-state index in [1.54, 1.807) is 0 Å². The van der Waals surface area contributed by atoms with Gasteiger partial charge >= 0.3 is 5.97 Å². The molecule has 1 spiro atoms. The molecular formula is C11H19NO3. The van der Waals surface area contributed by atoms with Crippen molar-refractivity contribution in [3.05, 3.63) is 0 Å². The van der Waals surface area contributed by atoms with Crippen LogP contribution in [0.1, 0.15) is 25.7 Å². The Balaban J connectivity index is 1.77. The van der Waals surface area contributed by atoms with Crippen molar-refractivity contribution in [2.45, 2.75) is 31.8 Å². The lowest BCUT2D eigenvalue weighted by Gasteiger charge is -2.49. The SMILES string of the molecule is COC(CN1CC2(CCCC2)C1)C(=O)O. The number of hydrogen-bond donors (Lipinski definition) is 1. The third-order valence-corrected chi connectivity index (χ3v) is 3.77. The van der Waals surface area contributed by atoms with Crippen LogP contribution in [0.15, 0.2) is 0 Å². The molecule has 0 radical (unpaired) electrons. The normalized spacial score (nSPS) is 26.5. The minimum atomic E-state index is -0.857. The van der Waals surface area contributed by atoms with Crippen LogP contribution in [0.3, 0.4) is 0 Å². The first-order valence-electron chi connectivity index (χ1n) is 5.63. The van der Waals surface area contributed by atoms with Crippen LogP contribution in [0.4, 0.5) is 0 Å². The van der Waals surface area contributed by atoms with Gasteiger partial charge in [-0.05, 0) is 18.3 Å². The number of carbonyl (C=O) groups is 1. The average Bonchev–Trinajstić information content (AvgIpc) is 2.60. The lowest BCUT2D eigenvalue weighted by atomic mass is 9.78. The molecule has 1 N–H and O–H groups in total. The van der Waals surface area contributed by atoms with E-state index in [2.05, 4.69) is 4.90 Å². The second kappa shape index (κ2) is 4.10. The molecule has 0 bridgehead atoms. The number of carboxylic acid groups (broad SMARTS) is 1. The van der Waals surface area contributed by atoms with Crippen LogP contribution in [-0.2, 0) is 9.53 Å². The van der Waals surface area contributed by atoms with Gasteiger partial charge in [0.15, 0.2) is 6.10 Å². The molecule has 1 saturated heterocycles. The van der Waals surface area contributed by atoms with E-state index < -0.39 is 12.1 Å². The molecule has 0 amide bonds. The topological polar surface area (TPSA) is 49.8 Å². The Labute approximate surface area is 90.2 Å². The van der Waals surface area contributed by atoms with Gasteiger partial charge in [0.2, 0.25) is 0 Å². The summed E-state index contributed by atoms with van der Waals surface area (Å²) in [6.45, 7) is 2.67. The molecule has 1 unspecified atom stereocenters. The van der Waals surface area contributed by atoms with Crippen molar-refractivity contribution >= 4 is 5.97 Å². The number of hydrogen-bond acceptors (Lipinski definition) is 3. The van der Waals surface area contributed by atoms with Gasteiger partial charge in [0, 0.05) is 26.7 Å². The number of carboxylic acids is 1. The van der Waals surface area contributed by atoms with Gasteiger partial charge in [-0.3, -0.25) is 4.90 Å². The van der Waals surface area contributed by atoms with Crippen molar-refractivity contribution in [2.75, 3.05) is 26.7 Å². The highest BCUT2D eigenvalue weighted by molar-refractivity contribution is 5.72. The highest BCUT2D eigenvalue weighted by Gasteiger charge is 2.45. The predicted octanol–water partition coefficient (Wildman–Crippen LogP) is 0.962. The van der Waals surface area contributed by atoms with Crippen molar-refractivity contribution in [3.8, 4) is 0 Å². The largest absolute Gasteiger partial charge is 0.479 e. The zero-order chi connectivity index (χ0) is 10.9. The van der Waals surface area contributed by atoms with Gasteiger partial charge in [-0.2, -0.15) is 0 Å². The molecule has 1 aliphatic heterocycles. The predicted molar refractivity (Wildman–Crippen MR) is 55.8 cm³/mol. The summed E-state index contributed by atoms with van der Waals surface area (Å²) in [6.07, 6.45) is 4.69. The fraction of sp³-hybridized carbons (Fsp3) is 0.909. The third kappa shape index (κ3) is 2.16. The second-order valence-electron chi connectivity index (χ2n) is 4.94. The first-order valence-corrected chi connectivity index (χ1v) is 5.63. The van der Waals surface area contributed by atoms with E-state index in [1.807, 2.05) is 0 Å². The third-order valence-electron chi connectivity index (χ3n) is 3.77. The van der Waals surface area contributed by atoms with E-state index in [-0.39, 0.29) is 0 Å². The summed E-state index contributed by atoms with van der Waals surface area (Å²) < 4.78 is 4.93. The van der Waals surface area contributed by atoms with E-state index >= 15 is 0 Å². The molecule has 0 aromatic heterocycles. The van der Waals surface area contributed by atoms with Gasteiger partial charge in [0.05, 0.1) is 0 Å². The molecule has 2 rings (SSSR count). The summed E-state index contributed by atoms with van der Waals surface area (Å²) in [7, 11) is 1.46. The fourth-order valence-corrected chi connectivity index (χ4v) is 2.96. The molecule has 86 valence electrons. The summed E-state index contributed by atoms with van der Waals surface area (Å²) >= 11 is 0. The molecule has 2 fully saturated rings. The van der Waals surface area contributed by atoms with Crippen molar-refractivity contribution in [2.24, 2.45) is 5.41 Å². The zero-order valence-electron chi connectivity index (χ0n) is 9.24. The van der Waals surface area contributed by atoms with Crippen LogP contribution in [0, 0.1) is 5.41 Å². The van der Waals surface area contributed by atoms with Crippen LogP contribution >= 0.6 is 0 Å². The summed E-state index contributed by atoms with van der Waals surface area (Å²) in [6, 6.07) is 0. The smallest absolute Gasteiger partial charge is 0.334 e. The Hall–Kier alpha value is -0.610. The quantitative estimate of drug-likeness (QED) is 0.755. The van der Waals surface area contributed by atoms with Gasteiger partial charge in [0.25, 0.3) is 0 Å². The molecule has 4 heteroatoms. The van der Waals surface area contributed by atoms with E-state index in [9.17, 15) is 4.79 Å². The number of methoxy groups -OCH3 is 1. The zero-order valence-corrected chi connectivity index (χ0v) is 9.24. The molecular weight excluding hydrogens is 194 g/mol. The number of rotatable bonds is 4. The standard InChI is InChI=1S/C11H19NO3/c1-15-9(10(13)14)6-12-7-11(8-12)4-2-3-5-11/h9H,2-8H2,1H3,(H,13,14). The monoisotopic (exact) mass is 213 g/mol. The fourth-order valence-electron chi connectivity index (χ4n) is 2.96. The molecule has 0 aromatic rings. The first-order chi connectivity index (χ1) is 7.15.